The SMILES string of the molecule is CCCCCc1cnc(Nc2ccccc2O)s1. The molecule has 3 nitrogen and oxygen atoms in total. The molecule has 0 bridgehead atoms. The van der Waals surface area contributed by atoms with Gasteiger partial charge in [-0.15, -0.1) is 11.3 Å². The lowest BCUT2D eigenvalue weighted by atomic mass is 10.2. The molecule has 0 radical (unpaired) electrons. The Balaban J connectivity index is 1.96. The van der Waals surface area contributed by atoms with Crippen LogP contribution >= 0.6 is 11.3 Å². The molecule has 0 atom stereocenters. The van der Waals surface area contributed by atoms with Gasteiger partial charge in [-0.05, 0) is 25.0 Å². The fraction of sp³-hybridized carbons (Fsp3) is 0.357. The standard InChI is InChI=1S/C14H18N2OS/c1-2-3-4-7-11-10-15-14(18-11)16-12-8-5-6-9-13(12)17/h5-6,8-10,17H,2-4,7H2,1H3,(H,15,16). The van der Waals surface area contributed by atoms with Crippen molar-refractivity contribution in [1.29, 1.82) is 0 Å². The van der Waals surface area contributed by atoms with Crippen molar-refractivity contribution in [2.75, 3.05) is 5.32 Å². The highest BCUT2D eigenvalue weighted by Crippen LogP contribution is 2.28. The van der Waals surface area contributed by atoms with Crippen LogP contribution in [0.2, 0.25) is 0 Å². The molecule has 0 fully saturated rings. The third-order valence-electron chi connectivity index (χ3n) is 2.73. The zero-order chi connectivity index (χ0) is 12.8. The van der Waals surface area contributed by atoms with E-state index in [4.69, 9.17) is 0 Å². The van der Waals surface area contributed by atoms with Gasteiger partial charge in [-0.25, -0.2) is 4.98 Å². The lowest BCUT2D eigenvalue weighted by Gasteiger charge is -2.03. The Bertz CT molecular complexity index is 496. The van der Waals surface area contributed by atoms with Crippen molar-refractivity contribution in [2.24, 2.45) is 0 Å². The molecule has 2 N–H and O–H groups in total. The number of rotatable bonds is 6. The fourth-order valence-corrected chi connectivity index (χ4v) is 2.59. The van der Waals surface area contributed by atoms with Gasteiger partial charge in [-0.3, -0.25) is 0 Å². The number of phenolic OH excluding ortho intramolecular Hbond substituents is 1. The Kier molecular flexibility index (Phi) is 4.59. The van der Waals surface area contributed by atoms with Crippen LogP contribution in [0.1, 0.15) is 31.1 Å². The fourth-order valence-electron chi connectivity index (χ4n) is 1.72. The highest BCUT2D eigenvalue weighted by molar-refractivity contribution is 7.15. The van der Waals surface area contributed by atoms with E-state index in [9.17, 15) is 5.11 Å². The average Bonchev–Trinajstić information content (AvgIpc) is 2.80. The van der Waals surface area contributed by atoms with Crippen molar-refractivity contribution in [3.63, 3.8) is 0 Å². The summed E-state index contributed by atoms with van der Waals surface area (Å²) in [5.41, 5.74) is 0.701. The quantitative estimate of drug-likeness (QED) is 0.602. The van der Waals surface area contributed by atoms with Gasteiger partial charge in [0.25, 0.3) is 0 Å². The van der Waals surface area contributed by atoms with Crippen LogP contribution in [0.5, 0.6) is 5.75 Å². The molecule has 0 aliphatic carbocycles. The zero-order valence-corrected chi connectivity index (χ0v) is 11.3. The number of phenols is 1. The van der Waals surface area contributed by atoms with Crippen molar-refractivity contribution >= 4 is 22.2 Å². The monoisotopic (exact) mass is 262 g/mol. The summed E-state index contributed by atoms with van der Waals surface area (Å²) in [5, 5.41) is 13.6. The van der Waals surface area contributed by atoms with Crippen molar-refractivity contribution in [3.8, 4) is 5.75 Å². The molecule has 0 spiro atoms. The summed E-state index contributed by atoms with van der Waals surface area (Å²) in [6, 6.07) is 7.20. The summed E-state index contributed by atoms with van der Waals surface area (Å²) in [4.78, 5) is 5.62. The maximum Gasteiger partial charge on any atom is 0.187 e. The highest BCUT2D eigenvalue weighted by atomic mass is 32.1. The number of para-hydroxylation sites is 2. The Morgan fingerprint density at radius 2 is 2.11 bits per heavy atom. The number of aromatic hydroxyl groups is 1. The molecule has 2 aromatic rings. The largest absolute Gasteiger partial charge is 0.506 e. The average molecular weight is 262 g/mol. The molecule has 4 heteroatoms. The van der Waals surface area contributed by atoms with Gasteiger partial charge in [0.1, 0.15) is 5.75 Å². The minimum Gasteiger partial charge on any atom is -0.506 e. The summed E-state index contributed by atoms with van der Waals surface area (Å²) in [7, 11) is 0. The molecule has 1 heterocycles. The van der Waals surface area contributed by atoms with Crippen LogP contribution in [-0.4, -0.2) is 10.1 Å². The van der Waals surface area contributed by atoms with Crippen LogP contribution in [-0.2, 0) is 6.42 Å². The van der Waals surface area contributed by atoms with Crippen molar-refractivity contribution in [3.05, 3.63) is 35.3 Å². The number of benzene rings is 1. The zero-order valence-electron chi connectivity index (χ0n) is 10.5. The van der Waals surface area contributed by atoms with E-state index in [1.54, 1.807) is 23.5 Å². The Morgan fingerprint density at radius 3 is 2.89 bits per heavy atom. The van der Waals surface area contributed by atoms with Gasteiger partial charge in [-0.1, -0.05) is 31.9 Å². The van der Waals surface area contributed by atoms with E-state index in [-0.39, 0.29) is 5.75 Å². The van der Waals surface area contributed by atoms with Crippen LogP contribution in [0.3, 0.4) is 0 Å². The van der Waals surface area contributed by atoms with Gasteiger partial charge in [0.15, 0.2) is 5.13 Å². The van der Waals surface area contributed by atoms with E-state index >= 15 is 0 Å². The third-order valence-corrected chi connectivity index (χ3v) is 3.70. The van der Waals surface area contributed by atoms with Gasteiger partial charge < -0.3 is 10.4 Å². The van der Waals surface area contributed by atoms with E-state index in [1.807, 2.05) is 18.3 Å². The number of unbranched alkanes of at least 4 members (excludes halogenated alkanes) is 2. The van der Waals surface area contributed by atoms with Crippen LogP contribution < -0.4 is 5.32 Å². The minimum atomic E-state index is 0.250. The molecule has 0 saturated carbocycles. The molecule has 18 heavy (non-hydrogen) atoms. The second-order valence-electron chi connectivity index (χ2n) is 4.23. The number of aromatic nitrogens is 1. The topological polar surface area (TPSA) is 45.2 Å². The maximum absolute atomic E-state index is 9.67. The van der Waals surface area contributed by atoms with Gasteiger partial charge in [0.2, 0.25) is 0 Å². The second kappa shape index (κ2) is 6.40. The molecule has 1 aromatic carbocycles. The smallest absolute Gasteiger partial charge is 0.187 e. The van der Waals surface area contributed by atoms with E-state index in [1.165, 1.54) is 24.1 Å². The van der Waals surface area contributed by atoms with Gasteiger partial charge >= 0.3 is 0 Å². The highest BCUT2D eigenvalue weighted by Gasteiger charge is 2.04. The summed E-state index contributed by atoms with van der Waals surface area (Å²) in [5.74, 6) is 0.250. The Labute approximate surface area is 112 Å². The van der Waals surface area contributed by atoms with Crippen molar-refractivity contribution in [1.82, 2.24) is 4.98 Å². The maximum atomic E-state index is 9.67. The van der Waals surface area contributed by atoms with Crippen molar-refractivity contribution in [2.45, 2.75) is 32.6 Å². The lowest BCUT2D eigenvalue weighted by molar-refractivity contribution is 0.478. The van der Waals surface area contributed by atoms with E-state index in [0.717, 1.165) is 11.6 Å². The first kappa shape index (κ1) is 12.9. The Morgan fingerprint density at radius 1 is 1.28 bits per heavy atom. The number of aryl methyl sites for hydroxylation is 1. The number of nitrogens with one attached hydrogen (secondary N) is 1. The summed E-state index contributed by atoms with van der Waals surface area (Å²) < 4.78 is 0. The molecule has 0 unspecified atom stereocenters. The summed E-state index contributed by atoms with van der Waals surface area (Å²) in [6.45, 7) is 2.21. The number of anilines is 2. The minimum absolute atomic E-state index is 0.250. The van der Waals surface area contributed by atoms with Gasteiger partial charge in [0.05, 0.1) is 5.69 Å². The summed E-state index contributed by atoms with van der Waals surface area (Å²) in [6.07, 6.45) is 6.73. The predicted molar refractivity (Wildman–Crippen MR) is 76.7 cm³/mol. The molecule has 0 amide bonds. The number of nitrogens with zero attached hydrogens (tertiary/aromatic N) is 1. The molecule has 0 aliphatic heterocycles. The molecule has 1 aromatic heterocycles. The number of hydrogen-bond acceptors (Lipinski definition) is 4. The van der Waals surface area contributed by atoms with E-state index in [0.29, 0.717) is 5.69 Å². The normalized spacial score (nSPS) is 10.5. The Hall–Kier alpha value is -1.55. The van der Waals surface area contributed by atoms with Gasteiger partial charge in [-0.2, -0.15) is 0 Å². The third kappa shape index (κ3) is 3.47. The van der Waals surface area contributed by atoms with Crippen molar-refractivity contribution < 1.29 is 5.11 Å². The predicted octanol–water partition coefficient (Wildman–Crippen LogP) is 4.33. The number of hydrogen-bond donors (Lipinski definition) is 2. The first-order valence-electron chi connectivity index (χ1n) is 6.29. The van der Waals surface area contributed by atoms with E-state index in [2.05, 4.69) is 17.2 Å². The first-order valence-corrected chi connectivity index (χ1v) is 7.11. The second-order valence-corrected chi connectivity index (χ2v) is 5.35. The molecular formula is C14H18N2OS. The van der Waals surface area contributed by atoms with Crippen LogP contribution in [0.25, 0.3) is 0 Å². The first-order chi connectivity index (χ1) is 8.79. The van der Waals surface area contributed by atoms with Gasteiger partial charge in [0, 0.05) is 11.1 Å². The number of thiazole rings is 1. The van der Waals surface area contributed by atoms with E-state index < -0.39 is 0 Å². The molecule has 0 aliphatic rings. The van der Waals surface area contributed by atoms with Crippen LogP contribution in [0.15, 0.2) is 30.5 Å². The molecule has 0 saturated heterocycles. The molecule has 2 rings (SSSR count). The van der Waals surface area contributed by atoms with Crippen LogP contribution in [0.4, 0.5) is 10.8 Å². The molecule has 96 valence electrons. The summed E-state index contributed by atoms with van der Waals surface area (Å²) >= 11 is 1.65. The molecular weight excluding hydrogens is 244 g/mol. The lowest BCUT2D eigenvalue weighted by Crippen LogP contribution is -1.88. The van der Waals surface area contributed by atoms with Crippen LogP contribution in [0, 0.1) is 0 Å².